The van der Waals surface area contributed by atoms with Crippen LogP contribution in [0.5, 0.6) is 0 Å². The molecule has 1 aromatic carbocycles. The van der Waals surface area contributed by atoms with Crippen LogP contribution in [0.2, 0.25) is 0 Å². The lowest BCUT2D eigenvalue weighted by Gasteiger charge is -2.26. The maximum absolute atomic E-state index is 14.0. The number of aromatic nitrogens is 2. The summed E-state index contributed by atoms with van der Waals surface area (Å²) in [5.74, 6) is -0.675. The Bertz CT molecular complexity index is 737. The van der Waals surface area contributed by atoms with Crippen molar-refractivity contribution in [3.05, 3.63) is 59.2 Å². The summed E-state index contributed by atoms with van der Waals surface area (Å²) in [6.07, 6.45) is 6.68. The third-order valence-electron chi connectivity index (χ3n) is 4.38. The SMILES string of the molecule is COC(=O)C1(c2cccc(F)c2C)C=C(c2cn[nH]c2)CC1. The second-order valence-corrected chi connectivity index (χ2v) is 5.53. The average molecular weight is 300 g/mol. The fourth-order valence-electron chi connectivity index (χ4n) is 3.18. The van der Waals surface area contributed by atoms with Gasteiger partial charge in [-0.05, 0) is 42.5 Å². The van der Waals surface area contributed by atoms with Gasteiger partial charge in [0.05, 0.1) is 13.3 Å². The molecule has 5 heteroatoms. The molecule has 22 heavy (non-hydrogen) atoms. The minimum atomic E-state index is -0.937. The molecule has 0 aliphatic heterocycles. The van der Waals surface area contributed by atoms with Crippen molar-refractivity contribution in [2.75, 3.05) is 7.11 Å². The topological polar surface area (TPSA) is 55.0 Å². The molecule has 114 valence electrons. The highest BCUT2D eigenvalue weighted by Gasteiger charge is 2.44. The van der Waals surface area contributed by atoms with Crippen LogP contribution in [0.4, 0.5) is 4.39 Å². The predicted octanol–water partition coefficient (Wildman–Crippen LogP) is 3.15. The van der Waals surface area contributed by atoms with Gasteiger partial charge in [-0.3, -0.25) is 9.89 Å². The molecule has 4 nitrogen and oxygen atoms in total. The number of rotatable bonds is 3. The number of methoxy groups -OCH3 is 1. The van der Waals surface area contributed by atoms with Crippen LogP contribution in [-0.2, 0) is 14.9 Å². The molecular weight excluding hydrogens is 283 g/mol. The van der Waals surface area contributed by atoms with Crippen LogP contribution < -0.4 is 0 Å². The number of allylic oxidation sites excluding steroid dienone is 1. The van der Waals surface area contributed by atoms with E-state index in [2.05, 4.69) is 10.2 Å². The Balaban J connectivity index is 2.16. The van der Waals surface area contributed by atoms with E-state index in [1.54, 1.807) is 31.5 Å². The summed E-state index contributed by atoms with van der Waals surface area (Å²) in [4.78, 5) is 12.5. The van der Waals surface area contributed by atoms with E-state index >= 15 is 0 Å². The van der Waals surface area contributed by atoms with Crippen molar-refractivity contribution >= 4 is 11.5 Å². The van der Waals surface area contributed by atoms with Crippen LogP contribution in [0.15, 0.2) is 36.7 Å². The van der Waals surface area contributed by atoms with Gasteiger partial charge < -0.3 is 4.74 Å². The molecule has 1 unspecified atom stereocenters. The van der Waals surface area contributed by atoms with Gasteiger partial charge in [0.15, 0.2) is 0 Å². The number of benzene rings is 1. The second kappa shape index (κ2) is 5.40. The summed E-state index contributed by atoms with van der Waals surface area (Å²) in [7, 11) is 1.36. The highest BCUT2D eigenvalue weighted by molar-refractivity contribution is 5.91. The standard InChI is InChI=1S/C17H17FN2O2/c1-11-14(4-3-5-15(11)18)17(16(21)22-2)7-6-12(8-17)13-9-19-20-10-13/h3-5,8-10H,6-7H2,1-2H3,(H,19,20). The number of halogens is 1. The third-order valence-corrected chi connectivity index (χ3v) is 4.38. The highest BCUT2D eigenvalue weighted by atomic mass is 19.1. The molecule has 1 atom stereocenters. The van der Waals surface area contributed by atoms with E-state index in [-0.39, 0.29) is 11.8 Å². The normalized spacial score (nSPS) is 20.8. The van der Waals surface area contributed by atoms with Crippen molar-refractivity contribution < 1.29 is 13.9 Å². The summed E-state index contributed by atoms with van der Waals surface area (Å²) in [6, 6.07) is 4.83. The van der Waals surface area contributed by atoms with Gasteiger partial charge in [0, 0.05) is 11.8 Å². The van der Waals surface area contributed by atoms with Crippen molar-refractivity contribution in [1.29, 1.82) is 0 Å². The zero-order valence-electron chi connectivity index (χ0n) is 12.5. The molecule has 0 spiro atoms. The lowest BCUT2D eigenvalue weighted by atomic mass is 9.78. The first-order chi connectivity index (χ1) is 10.6. The molecule has 1 aliphatic carbocycles. The first-order valence-electron chi connectivity index (χ1n) is 7.13. The molecule has 0 amide bonds. The maximum Gasteiger partial charge on any atom is 0.320 e. The third kappa shape index (κ3) is 2.13. The fraction of sp³-hybridized carbons (Fsp3) is 0.294. The summed E-state index contributed by atoms with van der Waals surface area (Å²) in [5, 5.41) is 6.71. The second-order valence-electron chi connectivity index (χ2n) is 5.53. The van der Waals surface area contributed by atoms with Gasteiger partial charge in [0.2, 0.25) is 0 Å². The van der Waals surface area contributed by atoms with Crippen LogP contribution in [0.1, 0.15) is 29.5 Å². The Morgan fingerprint density at radius 2 is 2.27 bits per heavy atom. The maximum atomic E-state index is 14.0. The van der Waals surface area contributed by atoms with Gasteiger partial charge in [-0.15, -0.1) is 0 Å². The lowest BCUT2D eigenvalue weighted by Crippen LogP contribution is -2.34. The van der Waals surface area contributed by atoms with Gasteiger partial charge in [-0.25, -0.2) is 4.39 Å². The molecule has 2 aromatic rings. The molecule has 1 aliphatic rings. The van der Waals surface area contributed by atoms with E-state index in [1.807, 2.05) is 6.08 Å². The van der Waals surface area contributed by atoms with E-state index in [0.29, 0.717) is 24.0 Å². The summed E-state index contributed by atoms with van der Waals surface area (Å²) in [6.45, 7) is 1.69. The smallest absolute Gasteiger partial charge is 0.320 e. The average Bonchev–Trinajstić information content (AvgIpc) is 3.18. The molecule has 0 fully saturated rings. The van der Waals surface area contributed by atoms with Gasteiger partial charge in [-0.1, -0.05) is 18.2 Å². The number of H-pyrrole nitrogens is 1. The molecule has 0 saturated carbocycles. The molecule has 0 bridgehead atoms. The van der Waals surface area contributed by atoms with Crippen molar-refractivity contribution in [2.45, 2.75) is 25.2 Å². The number of nitrogens with one attached hydrogen (secondary N) is 1. The lowest BCUT2D eigenvalue weighted by molar-refractivity contribution is -0.145. The van der Waals surface area contributed by atoms with Crippen LogP contribution in [0.25, 0.3) is 5.57 Å². The molecular formula is C17H17FN2O2. The summed E-state index contributed by atoms with van der Waals surface area (Å²) >= 11 is 0. The number of hydrogen-bond acceptors (Lipinski definition) is 3. The van der Waals surface area contributed by atoms with Gasteiger partial charge in [0.25, 0.3) is 0 Å². The minimum Gasteiger partial charge on any atom is -0.468 e. The molecule has 0 radical (unpaired) electrons. The number of hydrogen-bond donors (Lipinski definition) is 1. The Morgan fingerprint density at radius 3 is 2.95 bits per heavy atom. The van der Waals surface area contributed by atoms with E-state index in [0.717, 1.165) is 11.1 Å². The summed E-state index contributed by atoms with van der Waals surface area (Å²) in [5.41, 5.74) is 2.17. The molecule has 1 aromatic heterocycles. The molecule has 1 N–H and O–H groups in total. The van der Waals surface area contributed by atoms with Crippen LogP contribution in [0, 0.1) is 12.7 Å². The van der Waals surface area contributed by atoms with Gasteiger partial charge >= 0.3 is 5.97 Å². The predicted molar refractivity (Wildman–Crippen MR) is 80.6 cm³/mol. The molecule has 3 rings (SSSR count). The Hall–Kier alpha value is -2.43. The van der Waals surface area contributed by atoms with Crippen LogP contribution in [-0.4, -0.2) is 23.3 Å². The van der Waals surface area contributed by atoms with E-state index in [4.69, 9.17) is 4.74 Å². The zero-order valence-corrected chi connectivity index (χ0v) is 12.5. The van der Waals surface area contributed by atoms with Crippen molar-refractivity contribution in [2.24, 2.45) is 0 Å². The quantitative estimate of drug-likeness (QED) is 0.886. The van der Waals surface area contributed by atoms with Crippen molar-refractivity contribution in [3.8, 4) is 0 Å². The summed E-state index contributed by atoms with van der Waals surface area (Å²) < 4.78 is 19.0. The number of carbonyl (C=O) groups is 1. The fourth-order valence-corrected chi connectivity index (χ4v) is 3.18. The Morgan fingerprint density at radius 1 is 1.45 bits per heavy atom. The van der Waals surface area contributed by atoms with Crippen LogP contribution in [0.3, 0.4) is 0 Å². The van der Waals surface area contributed by atoms with Crippen molar-refractivity contribution in [3.63, 3.8) is 0 Å². The minimum absolute atomic E-state index is 0.314. The highest BCUT2D eigenvalue weighted by Crippen LogP contribution is 2.44. The van der Waals surface area contributed by atoms with Gasteiger partial charge in [0.1, 0.15) is 11.2 Å². The largest absolute Gasteiger partial charge is 0.468 e. The number of nitrogens with zero attached hydrogens (tertiary/aromatic N) is 1. The number of esters is 1. The zero-order chi connectivity index (χ0) is 15.7. The van der Waals surface area contributed by atoms with Crippen LogP contribution >= 0.6 is 0 Å². The van der Waals surface area contributed by atoms with Gasteiger partial charge in [-0.2, -0.15) is 5.10 Å². The van der Waals surface area contributed by atoms with Crippen molar-refractivity contribution in [1.82, 2.24) is 10.2 Å². The number of carbonyl (C=O) groups excluding carboxylic acids is 1. The first-order valence-corrected chi connectivity index (χ1v) is 7.13. The molecule has 0 saturated heterocycles. The molecule has 1 heterocycles. The Kier molecular flexibility index (Phi) is 3.56. The van der Waals surface area contributed by atoms with E-state index < -0.39 is 5.41 Å². The Labute approximate surface area is 128 Å². The van der Waals surface area contributed by atoms with E-state index in [1.165, 1.54) is 13.2 Å². The first kappa shape index (κ1) is 14.5. The van der Waals surface area contributed by atoms with E-state index in [9.17, 15) is 9.18 Å². The monoisotopic (exact) mass is 300 g/mol. The number of ether oxygens (including phenoxy) is 1. The number of aromatic amines is 1.